The van der Waals surface area contributed by atoms with Gasteiger partial charge in [-0.15, -0.1) is 0 Å². The van der Waals surface area contributed by atoms with Crippen molar-refractivity contribution in [2.24, 2.45) is 5.92 Å². The lowest BCUT2D eigenvalue weighted by atomic mass is 9.98. The molecule has 0 radical (unpaired) electrons. The summed E-state index contributed by atoms with van der Waals surface area (Å²) in [7, 11) is 1.20. The second-order valence-electron chi connectivity index (χ2n) is 4.71. The Morgan fingerprint density at radius 3 is 2.81 bits per heavy atom. The van der Waals surface area contributed by atoms with E-state index < -0.39 is 17.7 Å². The first-order chi connectivity index (χ1) is 10.0. The number of halogens is 1. The molecule has 0 aliphatic carbocycles. The van der Waals surface area contributed by atoms with E-state index in [-0.39, 0.29) is 36.0 Å². The number of rotatable bonds is 3. The zero-order valence-electron chi connectivity index (χ0n) is 11.4. The van der Waals surface area contributed by atoms with Crippen molar-refractivity contribution in [2.75, 3.05) is 19.0 Å². The summed E-state index contributed by atoms with van der Waals surface area (Å²) in [5.74, 6) is -2.11. The monoisotopic (exact) mass is 294 g/mol. The quantitative estimate of drug-likeness (QED) is 0.817. The molecule has 1 saturated heterocycles. The van der Waals surface area contributed by atoms with Crippen molar-refractivity contribution < 1.29 is 23.5 Å². The van der Waals surface area contributed by atoms with Gasteiger partial charge >= 0.3 is 5.97 Å². The number of carbonyl (C=O) groups excluding carboxylic acids is 3. The fourth-order valence-corrected chi connectivity index (χ4v) is 2.10. The average molecular weight is 294 g/mol. The van der Waals surface area contributed by atoms with Crippen LogP contribution in [0.3, 0.4) is 0 Å². The summed E-state index contributed by atoms with van der Waals surface area (Å²) in [4.78, 5) is 34.8. The summed E-state index contributed by atoms with van der Waals surface area (Å²) in [6.07, 6.45) is 0.686. The van der Waals surface area contributed by atoms with Crippen LogP contribution in [0, 0.1) is 11.7 Å². The van der Waals surface area contributed by atoms with Crippen LogP contribution < -0.4 is 10.6 Å². The summed E-state index contributed by atoms with van der Waals surface area (Å²) >= 11 is 0. The van der Waals surface area contributed by atoms with E-state index in [9.17, 15) is 18.8 Å². The maximum Gasteiger partial charge on any atom is 0.339 e. The van der Waals surface area contributed by atoms with Crippen molar-refractivity contribution in [3.8, 4) is 0 Å². The molecule has 1 fully saturated rings. The largest absolute Gasteiger partial charge is 0.465 e. The molecule has 2 rings (SSSR count). The predicted octanol–water partition coefficient (Wildman–Crippen LogP) is 1.08. The molecule has 2 amide bonds. The molecule has 1 aromatic rings. The molecule has 1 aliphatic heterocycles. The highest BCUT2D eigenvalue weighted by Crippen LogP contribution is 2.20. The Bertz CT molecular complexity index is 578. The number of carbonyl (C=O) groups is 3. The first-order valence-electron chi connectivity index (χ1n) is 6.46. The number of ether oxygens (including phenoxy) is 1. The van der Waals surface area contributed by atoms with Gasteiger partial charge in [-0.05, 0) is 24.6 Å². The normalized spacial score (nSPS) is 17.8. The number of benzene rings is 1. The van der Waals surface area contributed by atoms with E-state index in [1.807, 2.05) is 0 Å². The highest BCUT2D eigenvalue weighted by Gasteiger charge is 2.25. The van der Waals surface area contributed by atoms with Crippen LogP contribution in [-0.4, -0.2) is 31.4 Å². The van der Waals surface area contributed by atoms with Crippen molar-refractivity contribution in [2.45, 2.75) is 12.8 Å². The van der Waals surface area contributed by atoms with Crippen LogP contribution in [-0.2, 0) is 14.3 Å². The lowest BCUT2D eigenvalue weighted by Gasteiger charge is -2.22. The third-order valence-corrected chi connectivity index (χ3v) is 3.28. The van der Waals surface area contributed by atoms with Crippen LogP contribution in [0.1, 0.15) is 23.2 Å². The number of hydrogen-bond donors (Lipinski definition) is 2. The molecule has 21 heavy (non-hydrogen) atoms. The van der Waals surface area contributed by atoms with Crippen LogP contribution >= 0.6 is 0 Å². The molecule has 0 spiro atoms. The number of methoxy groups -OCH3 is 1. The van der Waals surface area contributed by atoms with Gasteiger partial charge in [0.15, 0.2) is 0 Å². The maximum atomic E-state index is 13.3. The number of anilines is 1. The minimum absolute atomic E-state index is 0.0590. The van der Waals surface area contributed by atoms with E-state index >= 15 is 0 Å². The fourth-order valence-electron chi connectivity index (χ4n) is 2.10. The summed E-state index contributed by atoms with van der Waals surface area (Å²) in [6, 6.07) is 3.42. The van der Waals surface area contributed by atoms with Crippen molar-refractivity contribution >= 4 is 23.5 Å². The summed E-state index contributed by atoms with van der Waals surface area (Å²) in [5.41, 5.74) is 0.135. The molecular formula is C14H15FN2O4. The molecule has 1 heterocycles. The molecule has 6 nitrogen and oxygen atoms in total. The highest BCUT2D eigenvalue weighted by atomic mass is 19.1. The molecule has 1 atom stereocenters. The van der Waals surface area contributed by atoms with Crippen molar-refractivity contribution in [1.29, 1.82) is 0 Å². The van der Waals surface area contributed by atoms with E-state index in [0.717, 1.165) is 12.1 Å². The van der Waals surface area contributed by atoms with Gasteiger partial charge in [0.2, 0.25) is 11.8 Å². The van der Waals surface area contributed by atoms with E-state index in [4.69, 9.17) is 0 Å². The zero-order chi connectivity index (χ0) is 15.4. The lowest BCUT2D eigenvalue weighted by Crippen LogP contribution is -2.40. The standard InChI is InChI=1S/C14H15FN2O4/c1-21-14(20)10-4-3-9(15)6-11(10)17-13(19)8-2-5-12(18)16-7-8/h3-4,6,8H,2,5,7H2,1H3,(H,16,18)(H,17,19). The Kier molecular flexibility index (Phi) is 4.52. The summed E-state index contributed by atoms with van der Waals surface area (Å²) < 4.78 is 17.9. The van der Waals surface area contributed by atoms with Crippen molar-refractivity contribution in [1.82, 2.24) is 5.32 Å². The molecule has 7 heteroatoms. The van der Waals surface area contributed by atoms with Crippen LogP contribution in [0.5, 0.6) is 0 Å². The van der Waals surface area contributed by atoms with Crippen LogP contribution in [0.2, 0.25) is 0 Å². The minimum Gasteiger partial charge on any atom is -0.465 e. The van der Waals surface area contributed by atoms with Gasteiger partial charge < -0.3 is 15.4 Å². The van der Waals surface area contributed by atoms with Gasteiger partial charge in [-0.3, -0.25) is 9.59 Å². The van der Waals surface area contributed by atoms with Gasteiger partial charge in [0.25, 0.3) is 0 Å². The molecule has 1 aromatic carbocycles. The molecule has 0 bridgehead atoms. The Balaban J connectivity index is 2.14. The van der Waals surface area contributed by atoms with E-state index in [2.05, 4.69) is 15.4 Å². The van der Waals surface area contributed by atoms with Gasteiger partial charge in [0, 0.05) is 13.0 Å². The van der Waals surface area contributed by atoms with Crippen molar-refractivity contribution in [3.05, 3.63) is 29.6 Å². The van der Waals surface area contributed by atoms with Gasteiger partial charge in [-0.2, -0.15) is 0 Å². The number of hydrogen-bond acceptors (Lipinski definition) is 4. The third-order valence-electron chi connectivity index (χ3n) is 3.28. The van der Waals surface area contributed by atoms with Crippen LogP contribution in [0.15, 0.2) is 18.2 Å². The molecular weight excluding hydrogens is 279 g/mol. The second-order valence-corrected chi connectivity index (χ2v) is 4.71. The Labute approximate surface area is 120 Å². The third kappa shape index (κ3) is 3.56. The van der Waals surface area contributed by atoms with Crippen molar-refractivity contribution in [3.63, 3.8) is 0 Å². The molecule has 112 valence electrons. The molecule has 0 aromatic heterocycles. The predicted molar refractivity (Wildman–Crippen MR) is 72.1 cm³/mol. The second kappa shape index (κ2) is 6.34. The molecule has 0 saturated carbocycles. The first-order valence-corrected chi connectivity index (χ1v) is 6.46. The molecule has 2 N–H and O–H groups in total. The van der Waals surface area contributed by atoms with E-state index in [1.165, 1.54) is 13.2 Å². The summed E-state index contributed by atoms with van der Waals surface area (Å²) in [6.45, 7) is 0.230. The minimum atomic E-state index is -0.665. The number of piperidine rings is 1. The number of esters is 1. The fraction of sp³-hybridized carbons (Fsp3) is 0.357. The Morgan fingerprint density at radius 2 is 2.19 bits per heavy atom. The smallest absolute Gasteiger partial charge is 0.339 e. The van der Waals surface area contributed by atoms with Gasteiger partial charge in [-0.1, -0.05) is 0 Å². The van der Waals surface area contributed by atoms with E-state index in [0.29, 0.717) is 6.42 Å². The first kappa shape index (κ1) is 15.0. The maximum absolute atomic E-state index is 13.3. The number of amides is 2. The zero-order valence-corrected chi connectivity index (χ0v) is 11.4. The molecule has 1 unspecified atom stereocenters. The molecule has 1 aliphatic rings. The van der Waals surface area contributed by atoms with Crippen LogP contribution in [0.4, 0.5) is 10.1 Å². The number of nitrogens with one attached hydrogen (secondary N) is 2. The SMILES string of the molecule is COC(=O)c1ccc(F)cc1NC(=O)C1CCC(=O)NC1. The van der Waals surface area contributed by atoms with Crippen LogP contribution in [0.25, 0.3) is 0 Å². The Morgan fingerprint density at radius 1 is 1.43 bits per heavy atom. The average Bonchev–Trinajstić information content (AvgIpc) is 2.47. The van der Waals surface area contributed by atoms with E-state index in [1.54, 1.807) is 0 Å². The summed E-state index contributed by atoms with van der Waals surface area (Å²) in [5, 5.41) is 5.11. The van der Waals surface area contributed by atoms with Gasteiger partial charge in [0.1, 0.15) is 5.82 Å². The highest BCUT2D eigenvalue weighted by molar-refractivity contribution is 6.02. The Hall–Kier alpha value is -2.44. The lowest BCUT2D eigenvalue weighted by molar-refractivity contribution is -0.126. The topological polar surface area (TPSA) is 84.5 Å². The van der Waals surface area contributed by atoms with Gasteiger partial charge in [0.05, 0.1) is 24.3 Å². The van der Waals surface area contributed by atoms with Gasteiger partial charge in [-0.25, -0.2) is 9.18 Å².